The van der Waals surface area contributed by atoms with Gasteiger partial charge in [-0.3, -0.25) is 9.59 Å². The number of hydrogen-bond acceptors (Lipinski definition) is 8. The second kappa shape index (κ2) is 12.1. The van der Waals surface area contributed by atoms with E-state index in [1.165, 1.54) is 40.9 Å². The van der Waals surface area contributed by atoms with E-state index < -0.39 is 11.8 Å². The number of rotatable bonds is 8. The predicted octanol–water partition coefficient (Wildman–Crippen LogP) is 2.85. The van der Waals surface area contributed by atoms with Crippen molar-refractivity contribution in [3.05, 3.63) is 44.3 Å². The summed E-state index contributed by atoms with van der Waals surface area (Å²) in [5, 5.41) is 7.55. The van der Waals surface area contributed by atoms with Gasteiger partial charge in [0.25, 0.3) is 0 Å². The van der Waals surface area contributed by atoms with E-state index in [1.54, 1.807) is 24.3 Å². The van der Waals surface area contributed by atoms with Crippen molar-refractivity contribution in [1.29, 1.82) is 0 Å². The van der Waals surface area contributed by atoms with Crippen LogP contribution in [-0.2, 0) is 9.59 Å². The Morgan fingerprint density at radius 2 is 1.00 bits per heavy atom. The molecule has 2 amide bonds. The molecule has 2 aromatic rings. The smallest absolute Gasteiger partial charge is 0.331 e. The lowest BCUT2D eigenvalue weighted by Gasteiger charge is -2.09. The first-order valence-electron chi connectivity index (χ1n) is 8.84. The van der Waals surface area contributed by atoms with Crippen LogP contribution in [0.1, 0.15) is 11.1 Å². The Morgan fingerprint density at radius 3 is 1.31 bits per heavy atom. The van der Waals surface area contributed by atoms with Crippen molar-refractivity contribution in [2.24, 2.45) is 10.2 Å². The zero-order chi connectivity index (χ0) is 23.7. The maximum Gasteiger partial charge on any atom is 0.331 e. The molecule has 0 aliphatic carbocycles. The van der Waals surface area contributed by atoms with Gasteiger partial charge >= 0.3 is 11.8 Å². The first kappa shape index (κ1) is 25.1. The minimum Gasteiger partial charge on any atom is -0.493 e. The van der Waals surface area contributed by atoms with Crippen molar-refractivity contribution < 1.29 is 28.5 Å². The minimum atomic E-state index is -0.999. The Kier molecular flexibility index (Phi) is 9.47. The molecule has 0 saturated carbocycles. The molecule has 10 nitrogen and oxygen atoms in total. The van der Waals surface area contributed by atoms with Crippen LogP contribution >= 0.6 is 31.9 Å². The summed E-state index contributed by atoms with van der Waals surface area (Å²) in [5.41, 5.74) is 5.44. The van der Waals surface area contributed by atoms with Gasteiger partial charge in [-0.25, -0.2) is 10.9 Å². The third-order valence-corrected chi connectivity index (χ3v) is 5.32. The van der Waals surface area contributed by atoms with E-state index in [0.717, 1.165) is 0 Å². The molecule has 2 aromatic carbocycles. The average Bonchev–Trinajstić information content (AvgIpc) is 2.80. The molecular weight excluding hydrogens is 552 g/mol. The first-order chi connectivity index (χ1) is 15.3. The number of halogens is 2. The fourth-order valence-electron chi connectivity index (χ4n) is 2.36. The number of carbonyl (C=O) groups excluding carboxylic acids is 2. The molecule has 0 bridgehead atoms. The van der Waals surface area contributed by atoms with Crippen LogP contribution < -0.4 is 29.8 Å². The van der Waals surface area contributed by atoms with Crippen molar-refractivity contribution in [1.82, 2.24) is 10.9 Å². The Labute approximate surface area is 201 Å². The summed E-state index contributed by atoms with van der Waals surface area (Å²) in [5.74, 6) is 0.0225. The monoisotopic (exact) mass is 570 g/mol. The molecule has 0 aliphatic heterocycles. The van der Waals surface area contributed by atoms with Gasteiger partial charge in [0.15, 0.2) is 23.0 Å². The number of hydrogen-bond donors (Lipinski definition) is 2. The highest BCUT2D eigenvalue weighted by atomic mass is 79.9. The molecule has 2 N–H and O–H groups in total. The summed E-state index contributed by atoms with van der Waals surface area (Å²) in [6, 6.07) is 6.69. The van der Waals surface area contributed by atoms with E-state index in [4.69, 9.17) is 18.9 Å². The summed E-state index contributed by atoms with van der Waals surface area (Å²) < 4.78 is 22.1. The van der Waals surface area contributed by atoms with E-state index >= 15 is 0 Å². The topological polar surface area (TPSA) is 120 Å². The minimum absolute atomic E-state index is 0.483. The van der Waals surface area contributed by atoms with Crippen LogP contribution in [0.4, 0.5) is 0 Å². The summed E-state index contributed by atoms with van der Waals surface area (Å²) >= 11 is 6.74. The lowest BCUT2D eigenvalue weighted by Crippen LogP contribution is -2.35. The largest absolute Gasteiger partial charge is 0.493 e. The van der Waals surface area contributed by atoms with Gasteiger partial charge in [-0.1, -0.05) is 0 Å². The maximum absolute atomic E-state index is 11.9. The number of benzene rings is 2. The van der Waals surface area contributed by atoms with Gasteiger partial charge in [0.05, 0.1) is 40.9 Å². The molecule has 32 heavy (non-hydrogen) atoms. The molecule has 0 aromatic heterocycles. The van der Waals surface area contributed by atoms with Gasteiger partial charge in [0, 0.05) is 20.1 Å². The van der Waals surface area contributed by atoms with Gasteiger partial charge in [0.1, 0.15) is 0 Å². The van der Waals surface area contributed by atoms with E-state index in [0.29, 0.717) is 43.1 Å². The summed E-state index contributed by atoms with van der Waals surface area (Å²) in [6.07, 6.45) is 2.70. The Morgan fingerprint density at radius 1 is 0.688 bits per heavy atom. The molecule has 2 rings (SSSR count). The van der Waals surface area contributed by atoms with E-state index in [9.17, 15) is 9.59 Å². The number of carbonyl (C=O) groups is 2. The van der Waals surface area contributed by atoms with Crippen molar-refractivity contribution in [2.75, 3.05) is 28.4 Å². The molecule has 0 saturated heterocycles. The van der Waals surface area contributed by atoms with Crippen LogP contribution in [-0.4, -0.2) is 52.7 Å². The number of amides is 2. The van der Waals surface area contributed by atoms with Gasteiger partial charge in [-0.15, -0.1) is 0 Å². The predicted molar refractivity (Wildman–Crippen MR) is 126 cm³/mol. The van der Waals surface area contributed by atoms with Crippen LogP contribution in [0.15, 0.2) is 43.4 Å². The maximum atomic E-state index is 11.9. The molecule has 0 radical (unpaired) electrons. The van der Waals surface area contributed by atoms with Crippen LogP contribution in [0.5, 0.6) is 23.0 Å². The Bertz CT molecular complexity index is 975. The first-order valence-corrected chi connectivity index (χ1v) is 10.4. The van der Waals surface area contributed by atoms with Crippen molar-refractivity contribution in [2.45, 2.75) is 0 Å². The standard InChI is InChI=1S/C20H20Br2N4O6/c1-29-15-5-11(13(21)7-17(15)31-3)9-23-25-19(27)20(28)26-24-10-12-6-16(30-2)18(32-4)8-14(12)22/h5-10H,1-4H3,(H,25,27)(H,26,28)/b23-9-,24-10+. The normalized spacial score (nSPS) is 10.8. The third kappa shape index (κ3) is 6.44. The molecule has 0 atom stereocenters. The van der Waals surface area contributed by atoms with E-state index in [2.05, 4.69) is 52.9 Å². The second-order valence-corrected chi connectivity index (χ2v) is 7.56. The molecule has 0 spiro atoms. The second-order valence-electron chi connectivity index (χ2n) is 5.86. The Hall–Kier alpha value is -3.12. The van der Waals surface area contributed by atoms with Gasteiger partial charge in [-0.05, 0) is 56.1 Å². The Balaban J connectivity index is 1.99. The zero-order valence-electron chi connectivity index (χ0n) is 17.6. The SMILES string of the molecule is COc1cc(Br)c(/C=N\NC(=O)C(=O)N/N=C/c2cc(OC)c(OC)cc2Br)cc1OC. The lowest BCUT2D eigenvalue weighted by atomic mass is 10.2. The number of nitrogens with zero attached hydrogens (tertiary/aromatic N) is 2. The third-order valence-electron chi connectivity index (χ3n) is 3.95. The molecule has 0 unspecified atom stereocenters. The van der Waals surface area contributed by atoms with E-state index in [1.807, 2.05) is 0 Å². The highest BCUT2D eigenvalue weighted by molar-refractivity contribution is 9.10. The summed E-state index contributed by atoms with van der Waals surface area (Å²) in [7, 11) is 6.03. The van der Waals surface area contributed by atoms with Crippen molar-refractivity contribution in [3.8, 4) is 23.0 Å². The molecule has 170 valence electrons. The fraction of sp³-hybridized carbons (Fsp3) is 0.200. The van der Waals surface area contributed by atoms with Crippen molar-refractivity contribution in [3.63, 3.8) is 0 Å². The van der Waals surface area contributed by atoms with Gasteiger partial charge in [-0.2, -0.15) is 10.2 Å². The molecule has 0 fully saturated rings. The lowest BCUT2D eigenvalue weighted by molar-refractivity contribution is -0.139. The molecular formula is C20H20Br2N4O6. The highest BCUT2D eigenvalue weighted by Gasteiger charge is 2.13. The van der Waals surface area contributed by atoms with Crippen LogP contribution in [0.2, 0.25) is 0 Å². The van der Waals surface area contributed by atoms with Crippen LogP contribution in [0, 0.1) is 0 Å². The van der Waals surface area contributed by atoms with Gasteiger partial charge < -0.3 is 18.9 Å². The summed E-state index contributed by atoms with van der Waals surface area (Å²) in [4.78, 5) is 23.8. The molecule has 0 heterocycles. The molecule has 0 aliphatic rings. The van der Waals surface area contributed by atoms with Crippen molar-refractivity contribution >= 4 is 56.1 Å². The number of ether oxygens (including phenoxy) is 4. The quantitative estimate of drug-likeness (QED) is 0.286. The van der Waals surface area contributed by atoms with Crippen LogP contribution in [0.3, 0.4) is 0 Å². The molecule has 12 heteroatoms. The number of methoxy groups -OCH3 is 4. The number of nitrogens with one attached hydrogen (secondary N) is 2. The van der Waals surface area contributed by atoms with E-state index in [-0.39, 0.29) is 0 Å². The van der Waals surface area contributed by atoms with Crippen LogP contribution in [0.25, 0.3) is 0 Å². The summed E-state index contributed by atoms with van der Waals surface area (Å²) in [6.45, 7) is 0. The number of hydrazone groups is 2. The average molecular weight is 572 g/mol. The fourth-order valence-corrected chi connectivity index (χ4v) is 3.21. The highest BCUT2D eigenvalue weighted by Crippen LogP contribution is 2.33. The van der Waals surface area contributed by atoms with Gasteiger partial charge in [0.2, 0.25) is 0 Å². The zero-order valence-corrected chi connectivity index (χ0v) is 20.7.